The zero-order valence-electron chi connectivity index (χ0n) is 13.9. The maximum atomic E-state index is 12.3. The topological polar surface area (TPSA) is 23.6 Å². The Morgan fingerprint density at radius 2 is 1.83 bits per heavy atom. The van der Waals surface area contributed by atoms with Gasteiger partial charge in [0, 0.05) is 54.7 Å². The van der Waals surface area contributed by atoms with Crippen molar-refractivity contribution in [2.45, 2.75) is 17.7 Å². The van der Waals surface area contributed by atoms with Crippen molar-refractivity contribution in [2.24, 2.45) is 0 Å². The van der Waals surface area contributed by atoms with E-state index in [2.05, 4.69) is 34.5 Å². The molecule has 0 saturated carbocycles. The van der Waals surface area contributed by atoms with E-state index in [1.807, 2.05) is 34.4 Å². The van der Waals surface area contributed by atoms with Gasteiger partial charge >= 0.3 is 0 Å². The van der Waals surface area contributed by atoms with Gasteiger partial charge in [-0.15, -0.1) is 23.1 Å². The Hall–Kier alpha value is -1.30. The fourth-order valence-corrected chi connectivity index (χ4v) is 4.44. The highest BCUT2D eigenvalue weighted by Crippen LogP contribution is 2.18. The first-order valence-electron chi connectivity index (χ1n) is 8.51. The maximum absolute atomic E-state index is 12.3. The van der Waals surface area contributed by atoms with Crippen molar-refractivity contribution in [3.05, 3.63) is 52.7 Å². The molecule has 1 aromatic heterocycles. The molecule has 1 aliphatic rings. The molecule has 3 rings (SSSR count). The first-order valence-corrected chi connectivity index (χ1v) is 10.4. The molecule has 0 aliphatic carbocycles. The first-order chi connectivity index (χ1) is 11.8. The van der Waals surface area contributed by atoms with Gasteiger partial charge in [-0.1, -0.05) is 24.3 Å². The van der Waals surface area contributed by atoms with Crippen molar-refractivity contribution in [2.75, 3.05) is 38.5 Å². The zero-order valence-corrected chi connectivity index (χ0v) is 15.5. The minimum absolute atomic E-state index is 0.302. The summed E-state index contributed by atoms with van der Waals surface area (Å²) in [5, 5.41) is 2.14. The zero-order chi connectivity index (χ0) is 16.6. The molecular weight excluding hydrogens is 336 g/mol. The largest absolute Gasteiger partial charge is 0.340 e. The summed E-state index contributed by atoms with van der Waals surface area (Å²) < 4.78 is 0. The monoisotopic (exact) mass is 360 g/mol. The lowest BCUT2D eigenvalue weighted by molar-refractivity contribution is -0.132. The van der Waals surface area contributed by atoms with Crippen molar-refractivity contribution in [3.63, 3.8) is 0 Å². The molecule has 0 N–H and O–H groups in total. The third kappa shape index (κ3) is 5.36. The SMILES string of the molecule is O=C(CCSc1ccccc1)N1CCN(CCc2cccs2)CC1. The van der Waals surface area contributed by atoms with Crippen molar-refractivity contribution in [1.29, 1.82) is 0 Å². The summed E-state index contributed by atoms with van der Waals surface area (Å²) in [5.74, 6) is 1.16. The van der Waals surface area contributed by atoms with Crippen LogP contribution in [0.4, 0.5) is 0 Å². The van der Waals surface area contributed by atoms with Crippen LogP contribution in [-0.4, -0.2) is 54.2 Å². The van der Waals surface area contributed by atoms with Crippen LogP contribution in [-0.2, 0) is 11.2 Å². The second-order valence-corrected chi connectivity index (χ2v) is 8.16. The second-order valence-electron chi connectivity index (χ2n) is 5.96. The highest BCUT2D eigenvalue weighted by molar-refractivity contribution is 7.99. The van der Waals surface area contributed by atoms with Crippen LogP contribution in [0.1, 0.15) is 11.3 Å². The molecule has 0 spiro atoms. The number of rotatable bonds is 7. The van der Waals surface area contributed by atoms with Gasteiger partial charge in [-0.2, -0.15) is 0 Å². The number of carbonyl (C=O) groups excluding carboxylic acids is 1. The molecule has 3 nitrogen and oxygen atoms in total. The molecule has 0 radical (unpaired) electrons. The lowest BCUT2D eigenvalue weighted by Gasteiger charge is -2.34. The molecule has 0 unspecified atom stereocenters. The fraction of sp³-hybridized carbons (Fsp3) is 0.421. The van der Waals surface area contributed by atoms with Gasteiger partial charge in [0.1, 0.15) is 0 Å². The Bertz CT molecular complexity index is 608. The Balaban J connectivity index is 1.33. The molecule has 24 heavy (non-hydrogen) atoms. The van der Waals surface area contributed by atoms with Gasteiger partial charge in [0.2, 0.25) is 5.91 Å². The lowest BCUT2D eigenvalue weighted by atomic mass is 10.2. The van der Waals surface area contributed by atoms with E-state index in [0.29, 0.717) is 12.3 Å². The van der Waals surface area contributed by atoms with Gasteiger partial charge < -0.3 is 4.90 Å². The summed E-state index contributed by atoms with van der Waals surface area (Å²) in [7, 11) is 0. The standard InChI is InChI=1S/C19H24N2OS2/c22-19(9-16-24-17-5-2-1-3-6-17)21-13-11-20(12-14-21)10-8-18-7-4-15-23-18/h1-7,15H,8-14,16H2. The predicted octanol–water partition coefficient (Wildman–Crippen LogP) is 3.62. The molecule has 0 bridgehead atoms. The molecule has 2 heterocycles. The van der Waals surface area contributed by atoms with E-state index < -0.39 is 0 Å². The van der Waals surface area contributed by atoms with Gasteiger partial charge in [0.15, 0.2) is 0 Å². The Morgan fingerprint density at radius 3 is 2.54 bits per heavy atom. The minimum Gasteiger partial charge on any atom is -0.340 e. The van der Waals surface area contributed by atoms with Gasteiger partial charge in [-0.3, -0.25) is 9.69 Å². The van der Waals surface area contributed by atoms with Crippen molar-refractivity contribution in [1.82, 2.24) is 9.80 Å². The molecular formula is C19H24N2OS2. The molecule has 1 aliphatic heterocycles. The third-order valence-corrected chi connectivity index (χ3v) is 6.26. The van der Waals surface area contributed by atoms with Crippen LogP contribution in [0, 0.1) is 0 Å². The lowest BCUT2D eigenvalue weighted by Crippen LogP contribution is -2.49. The minimum atomic E-state index is 0.302. The molecule has 2 aromatic rings. The summed E-state index contributed by atoms with van der Waals surface area (Å²) in [5.41, 5.74) is 0. The smallest absolute Gasteiger partial charge is 0.223 e. The third-order valence-electron chi connectivity index (χ3n) is 4.31. The van der Waals surface area contributed by atoms with E-state index in [4.69, 9.17) is 0 Å². The first kappa shape index (κ1) is 17.5. The van der Waals surface area contributed by atoms with E-state index in [1.165, 1.54) is 9.77 Å². The van der Waals surface area contributed by atoms with Crippen LogP contribution in [0.15, 0.2) is 52.7 Å². The number of amides is 1. The number of piperazine rings is 1. The summed E-state index contributed by atoms with van der Waals surface area (Å²) in [4.78, 5) is 19.5. The van der Waals surface area contributed by atoms with Gasteiger partial charge in [-0.25, -0.2) is 0 Å². The summed E-state index contributed by atoms with van der Waals surface area (Å²) in [6.07, 6.45) is 1.76. The number of benzene rings is 1. The van der Waals surface area contributed by atoms with Crippen LogP contribution in [0.2, 0.25) is 0 Å². The summed E-state index contributed by atoms with van der Waals surface area (Å²) >= 11 is 3.59. The van der Waals surface area contributed by atoms with Crippen LogP contribution in [0.25, 0.3) is 0 Å². The summed E-state index contributed by atoms with van der Waals surface area (Å²) in [6.45, 7) is 4.86. The number of thioether (sulfide) groups is 1. The predicted molar refractivity (Wildman–Crippen MR) is 103 cm³/mol. The van der Waals surface area contributed by atoms with E-state index in [9.17, 15) is 4.79 Å². The fourth-order valence-electron chi connectivity index (χ4n) is 2.88. The van der Waals surface area contributed by atoms with Crippen molar-refractivity contribution >= 4 is 29.0 Å². The Morgan fingerprint density at radius 1 is 1.04 bits per heavy atom. The highest BCUT2D eigenvalue weighted by atomic mass is 32.2. The molecule has 1 amide bonds. The number of hydrogen-bond donors (Lipinski definition) is 0. The molecule has 0 atom stereocenters. The molecule has 1 fully saturated rings. The maximum Gasteiger partial charge on any atom is 0.223 e. The highest BCUT2D eigenvalue weighted by Gasteiger charge is 2.20. The van der Waals surface area contributed by atoms with E-state index in [0.717, 1.165) is 44.9 Å². The number of nitrogens with zero attached hydrogens (tertiary/aromatic N) is 2. The van der Waals surface area contributed by atoms with E-state index in [1.54, 1.807) is 11.8 Å². The van der Waals surface area contributed by atoms with Crippen LogP contribution >= 0.6 is 23.1 Å². The molecule has 1 aromatic carbocycles. The quantitative estimate of drug-likeness (QED) is 0.705. The average Bonchev–Trinajstić information content (AvgIpc) is 3.15. The van der Waals surface area contributed by atoms with Gasteiger partial charge in [0.05, 0.1) is 0 Å². The Kier molecular flexibility index (Phi) is 6.75. The Labute approximate surface area is 152 Å². The number of hydrogen-bond acceptors (Lipinski definition) is 4. The van der Waals surface area contributed by atoms with Crippen LogP contribution in [0.5, 0.6) is 0 Å². The van der Waals surface area contributed by atoms with E-state index in [-0.39, 0.29) is 0 Å². The average molecular weight is 361 g/mol. The second kappa shape index (κ2) is 9.25. The summed E-state index contributed by atoms with van der Waals surface area (Å²) in [6, 6.07) is 14.6. The van der Waals surface area contributed by atoms with Crippen LogP contribution in [0.3, 0.4) is 0 Å². The van der Waals surface area contributed by atoms with Crippen LogP contribution < -0.4 is 0 Å². The molecule has 1 saturated heterocycles. The van der Waals surface area contributed by atoms with E-state index >= 15 is 0 Å². The van der Waals surface area contributed by atoms with Gasteiger partial charge in [-0.05, 0) is 30.0 Å². The normalized spacial score (nSPS) is 15.6. The number of thiophene rings is 1. The molecule has 5 heteroatoms. The van der Waals surface area contributed by atoms with Crippen molar-refractivity contribution < 1.29 is 4.79 Å². The molecule has 128 valence electrons. The van der Waals surface area contributed by atoms with Gasteiger partial charge in [0.25, 0.3) is 0 Å². The number of carbonyl (C=O) groups is 1. The van der Waals surface area contributed by atoms with Crippen molar-refractivity contribution in [3.8, 4) is 0 Å².